The molecule has 4 rings (SSSR count). The summed E-state index contributed by atoms with van der Waals surface area (Å²) in [5, 5.41) is 38.8. The predicted octanol–water partition coefficient (Wildman–Crippen LogP) is 12.3. The molecule has 2 aromatic rings. The molecule has 0 radical (unpaired) electrons. The Kier molecular flexibility index (Phi) is 17.1. The molecule has 0 unspecified atom stereocenters. The lowest BCUT2D eigenvalue weighted by molar-refractivity contribution is -0.148. The lowest BCUT2D eigenvalue weighted by Crippen LogP contribution is -2.23. The van der Waals surface area contributed by atoms with Crippen LogP contribution in [0.15, 0.2) is 12.1 Å². The van der Waals surface area contributed by atoms with Crippen molar-refractivity contribution < 1.29 is 39.6 Å². The smallest absolute Gasteiger partial charge is 0.309 e. The zero-order valence-electron chi connectivity index (χ0n) is 38.5. The van der Waals surface area contributed by atoms with Gasteiger partial charge in [0, 0.05) is 0 Å². The Hall–Kier alpha value is -3.68. The number of rotatable bonds is 29. The fraction of sp³-hybridized carbons (Fsp3) is 0.692. The molecule has 0 aliphatic heterocycles. The molecule has 0 heterocycles. The van der Waals surface area contributed by atoms with Crippen molar-refractivity contribution in [2.75, 3.05) is 0 Å². The first kappa shape index (κ1) is 49.0. The SMILES string of the molecule is Cc1cc(CCCCCC(C)(C)C(=O)O)c(CCc2cc(CCCCC3(C(=O)O)CC3)c(C)c(CCCCCC(C)(C)C(=O)O)c2C)c(CCCCC2(C(=O)O)CC2)c1C. The van der Waals surface area contributed by atoms with Crippen LogP contribution in [0, 0.1) is 49.4 Å². The number of carboxylic acids is 4. The third-order valence-electron chi connectivity index (χ3n) is 15.0. The van der Waals surface area contributed by atoms with Crippen LogP contribution in [-0.4, -0.2) is 44.3 Å². The van der Waals surface area contributed by atoms with Crippen molar-refractivity contribution in [3.05, 3.63) is 67.8 Å². The molecule has 0 spiro atoms. The van der Waals surface area contributed by atoms with Crippen LogP contribution in [0.4, 0.5) is 0 Å². The van der Waals surface area contributed by atoms with Gasteiger partial charge in [0.15, 0.2) is 0 Å². The molecular formula is C52H78O8. The van der Waals surface area contributed by atoms with Crippen molar-refractivity contribution in [2.24, 2.45) is 21.7 Å². The second-order valence-electron chi connectivity index (χ2n) is 20.4. The summed E-state index contributed by atoms with van der Waals surface area (Å²) in [6.07, 6.45) is 20.9. The number of benzene rings is 2. The molecule has 0 amide bonds. The van der Waals surface area contributed by atoms with Gasteiger partial charge in [-0.2, -0.15) is 0 Å². The summed E-state index contributed by atoms with van der Waals surface area (Å²) >= 11 is 0. The van der Waals surface area contributed by atoms with Gasteiger partial charge < -0.3 is 20.4 Å². The molecule has 2 saturated carbocycles. The molecule has 0 bridgehead atoms. The minimum Gasteiger partial charge on any atom is -0.481 e. The van der Waals surface area contributed by atoms with Gasteiger partial charge >= 0.3 is 23.9 Å². The monoisotopic (exact) mass is 831 g/mol. The van der Waals surface area contributed by atoms with Crippen molar-refractivity contribution in [2.45, 2.75) is 209 Å². The van der Waals surface area contributed by atoms with Crippen LogP contribution < -0.4 is 0 Å². The van der Waals surface area contributed by atoms with Crippen molar-refractivity contribution in [1.82, 2.24) is 0 Å². The van der Waals surface area contributed by atoms with E-state index in [4.69, 9.17) is 0 Å². The molecule has 8 heteroatoms. The predicted molar refractivity (Wildman–Crippen MR) is 240 cm³/mol. The minimum atomic E-state index is -0.748. The minimum absolute atomic E-state index is 0.500. The van der Waals surface area contributed by atoms with E-state index < -0.39 is 45.5 Å². The van der Waals surface area contributed by atoms with E-state index in [2.05, 4.69) is 39.8 Å². The Bertz CT molecular complexity index is 1840. The van der Waals surface area contributed by atoms with Crippen molar-refractivity contribution in [1.29, 1.82) is 0 Å². The van der Waals surface area contributed by atoms with Gasteiger partial charge in [-0.3, -0.25) is 19.2 Å². The number of unbranched alkanes of at least 4 members (excludes halogenated alkanes) is 6. The maximum Gasteiger partial charge on any atom is 0.309 e. The molecule has 2 fully saturated rings. The molecule has 0 atom stereocenters. The van der Waals surface area contributed by atoms with Crippen LogP contribution >= 0.6 is 0 Å². The first-order valence-corrected chi connectivity index (χ1v) is 23.3. The van der Waals surface area contributed by atoms with Gasteiger partial charge in [-0.25, -0.2) is 0 Å². The Morgan fingerprint density at radius 3 is 1.35 bits per heavy atom. The van der Waals surface area contributed by atoms with E-state index in [1.54, 1.807) is 27.7 Å². The lowest BCUT2D eigenvalue weighted by atomic mass is 9.82. The van der Waals surface area contributed by atoms with Crippen LogP contribution in [0.3, 0.4) is 0 Å². The van der Waals surface area contributed by atoms with Gasteiger partial charge in [0.05, 0.1) is 21.7 Å². The summed E-state index contributed by atoms with van der Waals surface area (Å²) in [5.74, 6) is -2.79. The quantitative estimate of drug-likeness (QED) is 0.0592. The third kappa shape index (κ3) is 12.9. The fourth-order valence-corrected chi connectivity index (χ4v) is 9.54. The van der Waals surface area contributed by atoms with Gasteiger partial charge in [0.25, 0.3) is 0 Å². The molecule has 2 aromatic carbocycles. The van der Waals surface area contributed by atoms with E-state index in [1.165, 1.54) is 55.6 Å². The van der Waals surface area contributed by atoms with Crippen LogP contribution in [0.2, 0.25) is 0 Å². The summed E-state index contributed by atoms with van der Waals surface area (Å²) < 4.78 is 0. The first-order valence-electron chi connectivity index (χ1n) is 23.3. The van der Waals surface area contributed by atoms with Gasteiger partial charge in [-0.1, -0.05) is 50.7 Å². The average Bonchev–Trinajstić information content (AvgIpc) is 4.12. The number of carbonyl (C=O) groups is 4. The third-order valence-corrected chi connectivity index (χ3v) is 15.0. The zero-order chi connectivity index (χ0) is 44.5. The van der Waals surface area contributed by atoms with Crippen molar-refractivity contribution in [3.8, 4) is 0 Å². The van der Waals surface area contributed by atoms with E-state index in [0.717, 1.165) is 141 Å². The van der Waals surface area contributed by atoms with Gasteiger partial charge in [0.2, 0.25) is 0 Å². The summed E-state index contributed by atoms with van der Waals surface area (Å²) in [6.45, 7) is 16.2. The number of aryl methyl sites for hydroxylation is 4. The number of carboxylic acid groups (broad SMARTS) is 4. The molecule has 2 aliphatic rings. The summed E-state index contributed by atoms with van der Waals surface area (Å²) in [6, 6.07) is 4.81. The lowest BCUT2D eigenvalue weighted by Gasteiger charge is -2.23. The molecule has 4 N–H and O–H groups in total. The molecule has 8 nitrogen and oxygen atoms in total. The zero-order valence-corrected chi connectivity index (χ0v) is 38.5. The van der Waals surface area contributed by atoms with Crippen LogP contribution in [0.5, 0.6) is 0 Å². The van der Waals surface area contributed by atoms with Gasteiger partial charge in [0.1, 0.15) is 0 Å². The average molecular weight is 831 g/mol. The molecule has 0 saturated heterocycles. The summed E-state index contributed by atoms with van der Waals surface area (Å²) in [4.78, 5) is 47.2. The Morgan fingerprint density at radius 2 is 0.883 bits per heavy atom. The number of aliphatic carboxylic acids is 4. The number of hydrogen-bond donors (Lipinski definition) is 4. The van der Waals surface area contributed by atoms with Gasteiger partial charge in [-0.05, 0) is 227 Å². The summed E-state index contributed by atoms with van der Waals surface area (Å²) in [7, 11) is 0. The topological polar surface area (TPSA) is 149 Å². The highest BCUT2D eigenvalue weighted by atomic mass is 16.4. The van der Waals surface area contributed by atoms with Crippen molar-refractivity contribution in [3.63, 3.8) is 0 Å². The molecule has 2 aliphatic carbocycles. The van der Waals surface area contributed by atoms with E-state index in [-0.39, 0.29) is 0 Å². The molecule has 60 heavy (non-hydrogen) atoms. The highest BCUT2D eigenvalue weighted by Gasteiger charge is 2.50. The molecular weight excluding hydrogens is 753 g/mol. The second-order valence-corrected chi connectivity index (χ2v) is 20.4. The van der Waals surface area contributed by atoms with Crippen LogP contribution in [0.1, 0.15) is 199 Å². The van der Waals surface area contributed by atoms with Gasteiger partial charge in [-0.15, -0.1) is 0 Å². The Morgan fingerprint density at radius 1 is 0.467 bits per heavy atom. The molecule has 0 aromatic heterocycles. The normalized spacial score (nSPS) is 15.5. The Balaban J connectivity index is 1.59. The van der Waals surface area contributed by atoms with Crippen LogP contribution in [-0.2, 0) is 57.7 Å². The van der Waals surface area contributed by atoms with Crippen molar-refractivity contribution >= 4 is 23.9 Å². The maximum atomic E-state index is 11.9. The summed E-state index contributed by atoms with van der Waals surface area (Å²) in [5.41, 5.74) is 11.2. The van der Waals surface area contributed by atoms with E-state index in [9.17, 15) is 39.6 Å². The highest BCUT2D eigenvalue weighted by Crippen LogP contribution is 2.51. The second kappa shape index (κ2) is 20.9. The Labute approximate surface area is 361 Å². The van der Waals surface area contributed by atoms with Crippen LogP contribution in [0.25, 0.3) is 0 Å². The van der Waals surface area contributed by atoms with E-state index >= 15 is 0 Å². The first-order chi connectivity index (χ1) is 28.2. The maximum absolute atomic E-state index is 11.9. The highest BCUT2D eigenvalue weighted by molar-refractivity contribution is 5.78. The van der Waals surface area contributed by atoms with E-state index in [0.29, 0.717) is 12.8 Å². The molecule has 334 valence electrons. The standard InChI is InChI=1S/C52H78O8/c1-35-33-41(20-11-9-15-25-49(5,6)45(53)54)44(43(36(35)2)22-14-18-28-52(31-32-52)48(59)60)24-23-40-34-39(19-13-17-27-51(29-30-51)47(57)58)37(3)42(38(40)4)21-12-10-16-26-50(7,8)46(55)56/h33-34H,9-32H2,1-8H3,(H,53,54)(H,55,56)(H,57,58)(H,59,60). The fourth-order valence-electron chi connectivity index (χ4n) is 9.54. The van der Waals surface area contributed by atoms with E-state index in [1.807, 2.05) is 0 Å². The largest absolute Gasteiger partial charge is 0.481 e. The number of hydrogen-bond acceptors (Lipinski definition) is 4.